The molecule has 2 aromatic carbocycles. The molecule has 0 spiro atoms. The van der Waals surface area contributed by atoms with E-state index in [1.807, 2.05) is 53.4 Å². The zero-order valence-corrected chi connectivity index (χ0v) is 18.2. The Kier molecular flexibility index (Phi) is 5.90. The molecule has 2 heterocycles. The first kappa shape index (κ1) is 20.2. The second kappa shape index (κ2) is 8.75. The minimum absolute atomic E-state index is 0.119. The van der Waals surface area contributed by atoms with E-state index >= 15 is 0 Å². The number of benzene rings is 2. The van der Waals surface area contributed by atoms with Crippen LogP contribution >= 0.6 is 15.9 Å². The lowest BCUT2D eigenvalue weighted by atomic mass is 10.2. The van der Waals surface area contributed by atoms with Gasteiger partial charge in [0.25, 0.3) is 5.91 Å². The fourth-order valence-electron chi connectivity index (χ4n) is 3.46. The van der Waals surface area contributed by atoms with Gasteiger partial charge in [0.05, 0.1) is 0 Å². The van der Waals surface area contributed by atoms with Gasteiger partial charge in [-0.3, -0.25) is 9.59 Å². The Morgan fingerprint density at radius 2 is 1.57 bits per heavy atom. The van der Waals surface area contributed by atoms with Gasteiger partial charge in [-0.25, -0.2) is 0 Å². The number of nitrogens with zero attached hydrogens (tertiary/aromatic N) is 2. The highest BCUT2D eigenvalue weighted by atomic mass is 79.9. The van der Waals surface area contributed by atoms with Gasteiger partial charge in [-0.1, -0.05) is 28.1 Å². The molecule has 0 unspecified atom stereocenters. The topological polar surface area (TPSA) is 65.8 Å². The molecule has 1 N–H and O–H groups in total. The number of nitrogens with one attached hydrogen (secondary N) is 1. The van der Waals surface area contributed by atoms with E-state index in [-0.39, 0.29) is 17.6 Å². The Morgan fingerprint density at radius 1 is 0.900 bits per heavy atom. The van der Waals surface area contributed by atoms with Crippen molar-refractivity contribution in [2.75, 3.05) is 36.4 Å². The highest BCUT2D eigenvalue weighted by Crippen LogP contribution is 2.25. The molecule has 3 aromatic rings. The van der Waals surface area contributed by atoms with Gasteiger partial charge in [0, 0.05) is 54.5 Å². The van der Waals surface area contributed by atoms with Crippen LogP contribution in [0.1, 0.15) is 17.5 Å². The van der Waals surface area contributed by atoms with Crippen molar-refractivity contribution in [2.24, 2.45) is 0 Å². The van der Waals surface area contributed by atoms with Gasteiger partial charge in [-0.15, -0.1) is 0 Å². The van der Waals surface area contributed by atoms with Crippen LogP contribution < -0.4 is 10.2 Å². The monoisotopic (exact) mass is 467 g/mol. The maximum Gasteiger partial charge on any atom is 0.291 e. The minimum atomic E-state index is -0.291. The van der Waals surface area contributed by atoms with Gasteiger partial charge in [-0.05, 0) is 48.5 Å². The lowest BCUT2D eigenvalue weighted by Crippen LogP contribution is -2.48. The summed E-state index contributed by atoms with van der Waals surface area (Å²) in [5, 5.41) is 2.87. The van der Waals surface area contributed by atoms with Crippen LogP contribution in [0.15, 0.2) is 69.6 Å². The second-order valence-electron chi connectivity index (χ2n) is 7.16. The average Bonchev–Trinajstić information content (AvgIpc) is 3.25. The maximum atomic E-state index is 12.5. The number of furan rings is 1. The van der Waals surface area contributed by atoms with Crippen LogP contribution in [0.4, 0.5) is 11.4 Å². The Labute approximate surface area is 183 Å². The van der Waals surface area contributed by atoms with Gasteiger partial charge < -0.3 is 19.5 Å². The van der Waals surface area contributed by atoms with E-state index in [0.717, 1.165) is 41.9 Å². The summed E-state index contributed by atoms with van der Waals surface area (Å²) in [4.78, 5) is 28.1. The van der Waals surface area contributed by atoms with Gasteiger partial charge in [0.15, 0.2) is 5.76 Å². The van der Waals surface area contributed by atoms with Crippen LogP contribution in [0.3, 0.4) is 0 Å². The van der Waals surface area contributed by atoms with Crippen molar-refractivity contribution in [3.05, 3.63) is 70.9 Å². The molecule has 0 bridgehead atoms. The molecule has 1 aromatic heterocycles. The van der Waals surface area contributed by atoms with E-state index in [0.29, 0.717) is 11.4 Å². The van der Waals surface area contributed by atoms with Crippen LogP contribution in [-0.2, 0) is 4.79 Å². The molecule has 0 aliphatic carbocycles. The van der Waals surface area contributed by atoms with Crippen LogP contribution in [0.5, 0.6) is 0 Å². The average molecular weight is 468 g/mol. The Morgan fingerprint density at radius 3 is 2.20 bits per heavy atom. The molecular formula is C23H22BrN3O3. The Hall–Kier alpha value is -3.06. The van der Waals surface area contributed by atoms with E-state index < -0.39 is 0 Å². The summed E-state index contributed by atoms with van der Waals surface area (Å²) in [7, 11) is 0. The molecular weight excluding hydrogens is 446 g/mol. The number of hydrogen-bond donors (Lipinski definition) is 1. The second-order valence-corrected chi connectivity index (χ2v) is 8.08. The molecule has 1 aliphatic heterocycles. The highest BCUT2D eigenvalue weighted by Gasteiger charge is 2.19. The smallest absolute Gasteiger partial charge is 0.291 e. The molecule has 1 aliphatic rings. The number of halogens is 1. The highest BCUT2D eigenvalue weighted by molar-refractivity contribution is 9.10. The number of anilines is 2. The van der Waals surface area contributed by atoms with E-state index in [2.05, 4.69) is 26.1 Å². The zero-order chi connectivity index (χ0) is 21.1. The molecule has 4 rings (SSSR count). The molecule has 0 atom stereocenters. The minimum Gasteiger partial charge on any atom is -0.451 e. The van der Waals surface area contributed by atoms with Gasteiger partial charge in [0.2, 0.25) is 5.91 Å². The fourth-order valence-corrected chi connectivity index (χ4v) is 3.72. The number of carbonyl (C=O) groups excluding carboxylic acids is 2. The Bertz CT molecular complexity index is 1040. The molecule has 1 fully saturated rings. The summed E-state index contributed by atoms with van der Waals surface area (Å²) in [6.07, 6.45) is 0. The molecule has 30 heavy (non-hydrogen) atoms. The lowest BCUT2D eigenvalue weighted by molar-refractivity contribution is -0.129. The third-order valence-electron chi connectivity index (χ3n) is 5.17. The summed E-state index contributed by atoms with van der Waals surface area (Å²) in [6.45, 7) is 4.67. The van der Waals surface area contributed by atoms with Gasteiger partial charge in [0.1, 0.15) is 5.76 Å². The van der Waals surface area contributed by atoms with Crippen LogP contribution in [0, 0.1) is 0 Å². The first-order valence-corrected chi connectivity index (χ1v) is 10.6. The van der Waals surface area contributed by atoms with Gasteiger partial charge in [-0.2, -0.15) is 0 Å². The van der Waals surface area contributed by atoms with E-state index in [1.54, 1.807) is 19.1 Å². The summed E-state index contributed by atoms with van der Waals surface area (Å²) in [6, 6.07) is 18.9. The van der Waals surface area contributed by atoms with Crippen molar-refractivity contribution >= 4 is 39.1 Å². The number of hydrogen-bond acceptors (Lipinski definition) is 4. The molecule has 6 nitrogen and oxygen atoms in total. The van der Waals surface area contributed by atoms with Crippen molar-refractivity contribution < 1.29 is 14.0 Å². The largest absolute Gasteiger partial charge is 0.451 e. The maximum absolute atomic E-state index is 12.5. The van der Waals surface area contributed by atoms with E-state index in [1.165, 1.54) is 0 Å². The van der Waals surface area contributed by atoms with Crippen molar-refractivity contribution in [1.29, 1.82) is 0 Å². The third kappa shape index (κ3) is 4.57. The summed E-state index contributed by atoms with van der Waals surface area (Å²) < 4.78 is 6.71. The first-order valence-electron chi connectivity index (χ1n) is 9.77. The molecule has 2 amide bonds. The lowest BCUT2D eigenvalue weighted by Gasteiger charge is -2.35. The number of rotatable bonds is 4. The Balaban J connectivity index is 1.37. The third-order valence-corrected chi connectivity index (χ3v) is 5.70. The van der Waals surface area contributed by atoms with Crippen molar-refractivity contribution in [3.63, 3.8) is 0 Å². The fraction of sp³-hybridized carbons (Fsp3) is 0.217. The molecule has 1 saturated heterocycles. The number of carbonyl (C=O) groups is 2. The molecule has 0 radical (unpaired) electrons. The van der Waals surface area contributed by atoms with Gasteiger partial charge >= 0.3 is 0 Å². The first-order chi connectivity index (χ1) is 14.5. The van der Waals surface area contributed by atoms with Crippen molar-refractivity contribution in [3.8, 4) is 11.3 Å². The van der Waals surface area contributed by atoms with Crippen LogP contribution in [-0.4, -0.2) is 42.9 Å². The summed E-state index contributed by atoms with van der Waals surface area (Å²) >= 11 is 3.41. The zero-order valence-electron chi connectivity index (χ0n) is 16.6. The van der Waals surface area contributed by atoms with Crippen molar-refractivity contribution in [2.45, 2.75) is 6.92 Å². The van der Waals surface area contributed by atoms with Crippen LogP contribution in [0.25, 0.3) is 11.3 Å². The molecule has 7 heteroatoms. The quantitative estimate of drug-likeness (QED) is 0.607. The molecule has 154 valence electrons. The number of amides is 2. The summed E-state index contributed by atoms with van der Waals surface area (Å²) in [5.41, 5.74) is 2.69. The SMILES string of the molecule is CC(=O)N1CCN(c2ccc(NC(=O)c3ccc(-c4ccc(Br)cc4)o3)cc2)CC1. The molecule has 0 saturated carbocycles. The predicted molar refractivity (Wildman–Crippen MR) is 121 cm³/mol. The van der Waals surface area contributed by atoms with E-state index in [4.69, 9.17) is 4.42 Å². The van der Waals surface area contributed by atoms with E-state index in [9.17, 15) is 9.59 Å². The normalized spacial score (nSPS) is 13.9. The number of piperazine rings is 1. The summed E-state index contributed by atoms with van der Waals surface area (Å²) in [5.74, 6) is 0.736. The predicted octanol–water partition coefficient (Wildman–Crippen LogP) is 4.63. The standard InChI is InChI=1S/C23H22BrN3O3/c1-16(28)26-12-14-27(15-13-26)20-8-6-19(7-9-20)25-23(29)22-11-10-21(30-22)17-2-4-18(24)5-3-17/h2-11H,12-15H2,1H3,(H,25,29). The van der Waals surface area contributed by atoms with Crippen molar-refractivity contribution in [1.82, 2.24) is 4.90 Å². The van der Waals surface area contributed by atoms with Crippen LogP contribution in [0.2, 0.25) is 0 Å².